The van der Waals surface area contributed by atoms with Crippen molar-refractivity contribution < 1.29 is 0 Å². The molecule has 0 N–H and O–H groups in total. The third-order valence-electron chi connectivity index (χ3n) is 3.57. The van der Waals surface area contributed by atoms with Gasteiger partial charge in [0.1, 0.15) is 0 Å². The van der Waals surface area contributed by atoms with Gasteiger partial charge < -0.3 is 0 Å². The molecular formula is C18H12. The highest BCUT2D eigenvalue weighted by atomic mass is 14.0. The quantitative estimate of drug-likeness (QED) is 0.365. The first-order valence-corrected chi connectivity index (χ1v) is 6.21. The average Bonchev–Trinajstić information content (AvgIpc) is 2.42. The van der Waals surface area contributed by atoms with Crippen LogP contribution in [-0.2, 0) is 0 Å². The van der Waals surface area contributed by atoms with Crippen molar-refractivity contribution in [2.45, 2.75) is 0 Å². The van der Waals surface area contributed by atoms with E-state index in [1.54, 1.807) is 0 Å². The molecule has 4 aromatic rings. The Hall–Kier alpha value is -2.34. The first-order chi connectivity index (χ1) is 8.90. The monoisotopic (exact) mass is 228 g/mol. The van der Waals surface area contributed by atoms with Crippen LogP contribution in [0.25, 0.3) is 32.3 Å². The van der Waals surface area contributed by atoms with Crippen LogP contribution in [0.1, 0.15) is 0 Å². The molecule has 0 saturated carbocycles. The van der Waals surface area contributed by atoms with Crippen molar-refractivity contribution in [2.24, 2.45) is 0 Å². The molecule has 0 heteroatoms. The number of hydrogen-bond donors (Lipinski definition) is 0. The summed E-state index contributed by atoms with van der Waals surface area (Å²) >= 11 is 0. The zero-order valence-electron chi connectivity index (χ0n) is 9.93. The van der Waals surface area contributed by atoms with Crippen molar-refractivity contribution >= 4 is 32.3 Å². The summed E-state index contributed by atoms with van der Waals surface area (Å²) in [7, 11) is 0. The van der Waals surface area contributed by atoms with E-state index in [1.165, 1.54) is 32.3 Å². The van der Waals surface area contributed by atoms with Gasteiger partial charge in [0, 0.05) is 0 Å². The lowest BCUT2D eigenvalue weighted by molar-refractivity contribution is 1.77. The van der Waals surface area contributed by atoms with Gasteiger partial charge >= 0.3 is 0 Å². The molecule has 0 spiro atoms. The molecule has 0 radical (unpaired) electrons. The Morgan fingerprint density at radius 3 is 0.889 bits per heavy atom. The highest BCUT2D eigenvalue weighted by Crippen LogP contribution is 2.27. The third-order valence-corrected chi connectivity index (χ3v) is 3.57. The number of rotatable bonds is 0. The van der Waals surface area contributed by atoms with Crippen molar-refractivity contribution in [3.63, 3.8) is 0 Å². The van der Waals surface area contributed by atoms with E-state index >= 15 is 0 Å². The van der Waals surface area contributed by atoms with Crippen molar-refractivity contribution in [3.05, 3.63) is 72.8 Å². The second-order valence-corrected chi connectivity index (χ2v) is 4.75. The molecular weight excluding hydrogens is 216 g/mol. The van der Waals surface area contributed by atoms with Gasteiger partial charge in [-0.2, -0.15) is 0 Å². The summed E-state index contributed by atoms with van der Waals surface area (Å²) in [5.74, 6) is 0. The minimum atomic E-state index is 1.31. The van der Waals surface area contributed by atoms with Crippen molar-refractivity contribution in [1.82, 2.24) is 0 Å². The summed E-state index contributed by atoms with van der Waals surface area (Å²) < 4.78 is 0. The SMILES string of the molecule is c1ccc2cc3cc4ccccc4cc3cc2c1. The van der Waals surface area contributed by atoms with Crippen molar-refractivity contribution in [1.29, 1.82) is 0 Å². The van der Waals surface area contributed by atoms with E-state index in [9.17, 15) is 0 Å². The van der Waals surface area contributed by atoms with Crippen molar-refractivity contribution in [2.75, 3.05) is 0 Å². The van der Waals surface area contributed by atoms with E-state index in [0.29, 0.717) is 0 Å². The molecule has 4 rings (SSSR count). The van der Waals surface area contributed by atoms with Crippen molar-refractivity contribution in [3.8, 4) is 0 Å². The second kappa shape index (κ2) is 3.58. The van der Waals surface area contributed by atoms with Crippen LogP contribution in [0.3, 0.4) is 0 Å². The maximum absolute atomic E-state index is 2.27. The minimum absolute atomic E-state index is 1.31. The van der Waals surface area contributed by atoms with E-state index in [2.05, 4.69) is 72.8 Å². The van der Waals surface area contributed by atoms with Gasteiger partial charge in [-0.15, -0.1) is 0 Å². The number of fused-ring (bicyclic) bond motifs is 3. The molecule has 0 fully saturated rings. The molecule has 0 aliphatic heterocycles. The molecule has 0 aromatic heterocycles. The van der Waals surface area contributed by atoms with E-state index in [4.69, 9.17) is 0 Å². The predicted octanol–water partition coefficient (Wildman–Crippen LogP) is 5.15. The van der Waals surface area contributed by atoms with E-state index in [0.717, 1.165) is 0 Å². The van der Waals surface area contributed by atoms with Gasteiger partial charge in [0.2, 0.25) is 0 Å². The van der Waals surface area contributed by atoms with Crippen LogP contribution in [0.2, 0.25) is 0 Å². The molecule has 4 aromatic carbocycles. The topological polar surface area (TPSA) is 0 Å². The lowest BCUT2D eigenvalue weighted by atomic mass is 10.00. The standard InChI is InChI=1S/C18H12/c1-2-6-14-10-18-12-16-8-4-3-7-15(16)11-17(18)9-13(14)5-1/h1-12H. The summed E-state index contributed by atoms with van der Waals surface area (Å²) in [6, 6.07) is 26.2. The maximum Gasteiger partial charge on any atom is -0.0171 e. The Morgan fingerprint density at radius 2 is 0.611 bits per heavy atom. The average molecular weight is 228 g/mol. The summed E-state index contributed by atoms with van der Waals surface area (Å²) in [5, 5.41) is 7.85. The molecule has 0 aliphatic carbocycles. The summed E-state index contributed by atoms with van der Waals surface area (Å²) in [4.78, 5) is 0. The van der Waals surface area contributed by atoms with Crippen LogP contribution in [0.5, 0.6) is 0 Å². The summed E-state index contributed by atoms with van der Waals surface area (Å²) in [6.45, 7) is 0. The van der Waals surface area contributed by atoms with Crippen LogP contribution < -0.4 is 0 Å². The first kappa shape index (κ1) is 9.67. The molecule has 0 nitrogen and oxygen atoms in total. The Kier molecular flexibility index (Phi) is 1.92. The van der Waals surface area contributed by atoms with E-state index in [1.807, 2.05) is 0 Å². The zero-order chi connectivity index (χ0) is 11.9. The molecule has 0 heterocycles. The highest BCUT2D eigenvalue weighted by molar-refractivity contribution is 6.04. The lowest BCUT2D eigenvalue weighted by Gasteiger charge is -2.04. The first-order valence-electron chi connectivity index (χ1n) is 6.21. The van der Waals surface area contributed by atoms with E-state index < -0.39 is 0 Å². The largest absolute Gasteiger partial charge is 0.0616 e. The van der Waals surface area contributed by atoms with Crippen LogP contribution >= 0.6 is 0 Å². The van der Waals surface area contributed by atoms with Crippen LogP contribution in [0.4, 0.5) is 0 Å². The molecule has 18 heavy (non-hydrogen) atoms. The van der Waals surface area contributed by atoms with Gasteiger partial charge in [-0.1, -0.05) is 48.5 Å². The second-order valence-electron chi connectivity index (χ2n) is 4.75. The van der Waals surface area contributed by atoms with Gasteiger partial charge in [-0.05, 0) is 56.6 Å². The fourth-order valence-electron chi connectivity index (χ4n) is 2.63. The number of hydrogen-bond acceptors (Lipinski definition) is 0. The van der Waals surface area contributed by atoms with Gasteiger partial charge in [-0.25, -0.2) is 0 Å². The van der Waals surface area contributed by atoms with Crippen LogP contribution in [0, 0.1) is 0 Å². The molecule has 0 amide bonds. The fourth-order valence-corrected chi connectivity index (χ4v) is 2.63. The molecule has 0 bridgehead atoms. The molecule has 0 aliphatic rings. The van der Waals surface area contributed by atoms with Gasteiger partial charge in [0.15, 0.2) is 0 Å². The third kappa shape index (κ3) is 1.39. The summed E-state index contributed by atoms with van der Waals surface area (Å²) in [6.07, 6.45) is 0. The molecule has 0 unspecified atom stereocenters. The Balaban J connectivity index is 2.20. The Morgan fingerprint density at radius 1 is 0.333 bits per heavy atom. The molecule has 0 saturated heterocycles. The minimum Gasteiger partial charge on any atom is -0.0616 e. The van der Waals surface area contributed by atoms with Gasteiger partial charge in [0.05, 0.1) is 0 Å². The molecule has 84 valence electrons. The number of benzene rings is 4. The Bertz CT molecular complexity index is 728. The van der Waals surface area contributed by atoms with Crippen LogP contribution in [-0.4, -0.2) is 0 Å². The Labute approximate surface area is 105 Å². The maximum atomic E-state index is 2.27. The fraction of sp³-hybridized carbons (Fsp3) is 0. The zero-order valence-corrected chi connectivity index (χ0v) is 9.93. The lowest BCUT2D eigenvalue weighted by Crippen LogP contribution is -1.78. The van der Waals surface area contributed by atoms with E-state index in [-0.39, 0.29) is 0 Å². The highest BCUT2D eigenvalue weighted by Gasteiger charge is 2.00. The van der Waals surface area contributed by atoms with Gasteiger partial charge in [0.25, 0.3) is 0 Å². The van der Waals surface area contributed by atoms with Crippen LogP contribution in [0.15, 0.2) is 72.8 Å². The van der Waals surface area contributed by atoms with Gasteiger partial charge in [-0.3, -0.25) is 0 Å². The molecule has 0 atom stereocenters. The summed E-state index contributed by atoms with van der Waals surface area (Å²) in [5.41, 5.74) is 0. The predicted molar refractivity (Wildman–Crippen MR) is 79.0 cm³/mol. The smallest absolute Gasteiger partial charge is 0.0171 e. The normalized spacial score (nSPS) is 11.3.